The molecule has 2 heterocycles. The van der Waals surface area contributed by atoms with Crippen LogP contribution in [0.2, 0.25) is 0 Å². The Labute approximate surface area is 118 Å². The Bertz CT molecular complexity index is 449. The second kappa shape index (κ2) is 6.62. The van der Waals surface area contributed by atoms with Crippen molar-refractivity contribution in [1.82, 2.24) is 20.4 Å². The van der Waals surface area contributed by atoms with Crippen molar-refractivity contribution in [3.63, 3.8) is 0 Å². The van der Waals surface area contributed by atoms with Crippen LogP contribution in [0.3, 0.4) is 0 Å². The van der Waals surface area contributed by atoms with Crippen LogP contribution in [0, 0.1) is 0 Å². The number of aromatic nitrogens is 2. The van der Waals surface area contributed by atoms with E-state index < -0.39 is 0 Å². The number of ether oxygens (including phenoxy) is 2. The van der Waals surface area contributed by atoms with Crippen LogP contribution in [0.4, 0.5) is 0 Å². The van der Waals surface area contributed by atoms with Gasteiger partial charge in [0.1, 0.15) is 12.7 Å². The van der Waals surface area contributed by atoms with Crippen molar-refractivity contribution in [2.24, 2.45) is 0 Å². The Balaban J connectivity index is 1.86. The van der Waals surface area contributed by atoms with Gasteiger partial charge in [-0.05, 0) is 13.0 Å². The van der Waals surface area contributed by atoms with Gasteiger partial charge in [-0.3, -0.25) is 4.79 Å². The fourth-order valence-corrected chi connectivity index (χ4v) is 1.89. The molecule has 0 bridgehead atoms. The van der Waals surface area contributed by atoms with Crippen LogP contribution in [0.5, 0.6) is 5.88 Å². The molecule has 1 aromatic heterocycles. The molecule has 0 aromatic carbocycles. The Hall–Kier alpha value is -1.73. The molecule has 2 atom stereocenters. The molecule has 0 radical (unpaired) electrons. The zero-order valence-corrected chi connectivity index (χ0v) is 12.0. The third kappa shape index (κ3) is 3.88. The summed E-state index contributed by atoms with van der Waals surface area (Å²) in [4.78, 5) is 13.1. The molecule has 7 nitrogen and oxygen atoms in total. The Morgan fingerprint density at radius 2 is 2.25 bits per heavy atom. The van der Waals surface area contributed by atoms with Crippen molar-refractivity contribution in [2.45, 2.75) is 19.1 Å². The highest BCUT2D eigenvalue weighted by molar-refractivity contribution is 5.91. The number of amides is 1. The maximum atomic E-state index is 11.7. The second-order valence-corrected chi connectivity index (χ2v) is 4.99. The molecule has 1 saturated heterocycles. The van der Waals surface area contributed by atoms with Crippen LogP contribution in [0.15, 0.2) is 12.1 Å². The zero-order chi connectivity index (χ0) is 14.5. The van der Waals surface area contributed by atoms with Crippen molar-refractivity contribution < 1.29 is 14.3 Å². The zero-order valence-electron chi connectivity index (χ0n) is 12.0. The minimum Gasteiger partial charge on any atom is -0.474 e. The Morgan fingerprint density at radius 1 is 1.45 bits per heavy atom. The summed E-state index contributed by atoms with van der Waals surface area (Å²) < 4.78 is 11.2. The van der Waals surface area contributed by atoms with Crippen LogP contribution < -0.4 is 10.1 Å². The predicted octanol–water partition coefficient (Wildman–Crippen LogP) is -0.0659. The number of rotatable bonds is 4. The summed E-state index contributed by atoms with van der Waals surface area (Å²) in [7, 11) is 3.34. The molecule has 1 N–H and O–H groups in total. The van der Waals surface area contributed by atoms with E-state index in [4.69, 9.17) is 9.47 Å². The number of hydrogen-bond acceptors (Lipinski definition) is 6. The molecule has 0 spiro atoms. The Kier molecular flexibility index (Phi) is 4.86. The van der Waals surface area contributed by atoms with E-state index in [0.717, 1.165) is 13.1 Å². The normalized spacial score (nSPS) is 22.4. The fourth-order valence-electron chi connectivity index (χ4n) is 1.89. The van der Waals surface area contributed by atoms with Gasteiger partial charge in [0, 0.05) is 33.3 Å². The topological polar surface area (TPSA) is 76.6 Å². The van der Waals surface area contributed by atoms with E-state index in [1.165, 1.54) is 4.90 Å². The van der Waals surface area contributed by atoms with Gasteiger partial charge in [-0.15, -0.1) is 10.2 Å². The molecule has 2 rings (SSSR count). The third-order valence-electron chi connectivity index (χ3n) is 2.91. The summed E-state index contributed by atoms with van der Waals surface area (Å²) in [6.07, 6.45) is 0.187. The van der Waals surface area contributed by atoms with E-state index in [0.29, 0.717) is 18.2 Å². The lowest BCUT2D eigenvalue weighted by Gasteiger charge is -2.28. The first-order valence-corrected chi connectivity index (χ1v) is 6.60. The molecule has 0 saturated carbocycles. The monoisotopic (exact) mass is 280 g/mol. The molecule has 20 heavy (non-hydrogen) atoms. The fraction of sp³-hybridized carbons (Fsp3) is 0.615. The molecule has 1 aromatic rings. The van der Waals surface area contributed by atoms with Crippen molar-refractivity contribution in [1.29, 1.82) is 0 Å². The maximum Gasteiger partial charge on any atom is 0.273 e. The van der Waals surface area contributed by atoms with Gasteiger partial charge < -0.3 is 19.7 Å². The SMILES string of the molecule is CC1CNCC(COc2ccc(C(=O)N(C)C)nn2)O1. The molecule has 1 aliphatic heterocycles. The third-order valence-corrected chi connectivity index (χ3v) is 2.91. The molecule has 7 heteroatoms. The predicted molar refractivity (Wildman–Crippen MR) is 72.7 cm³/mol. The van der Waals surface area contributed by atoms with E-state index >= 15 is 0 Å². The second-order valence-electron chi connectivity index (χ2n) is 4.99. The van der Waals surface area contributed by atoms with Crippen LogP contribution in [-0.2, 0) is 4.74 Å². The number of morpholine rings is 1. The van der Waals surface area contributed by atoms with Gasteiger partial charge in [0.05, 0.1) is 6.10 Å². The summed E-state index contributed by atoms with van der Waals surface area (Å²) in [5, 5.41) is 11.0. The number of nitrogens with zero attached hydrogens (tertiary/aromatic N) is 3. The number of carbonyl (C=O) groups is 1. The van der Waals surface area contributed by atoms with E-state index in [1.807, 2.05) is 6.92 Å². The average Bonchev–Trinajstić information content (AvgIpc) is 2.45. The first kappa shape index (κ1) is 14.7. The van der Waals surface area contributed by atoms with E-state index in [-0.39, 0.29) is 18.1 Å². The van der Waals surface area contributed by atoms with Gasteiger partial charge >= 0.3 is 0 Å². The smallest absolute Gasteiger partial charge is 0.273 e. The van der Waals surface area contributed by atoms with Gasteiger partial charge in [0.25, 0.3) is 5.91 Å². The molecule has 1 fully saturated rings. The van der Waals surface area contributed by atoms with E-state index in [9.17, 15) is 4.79 Å². The number of carbonyl (C=O) groups excluding carboxylic acids is 1. The van der Waals surface area contributed by atoms with Gasteiger partial charge in [-0.1, -0.05) is 0 Å². The highest BCUT2D eigenvalue weighted by atomic mass is 16.5. The minimum absolute atomic E-state index is 0.00336. The molecule has 1 aliphatic rings. The summed E-state index contributed by atoms with van der Waals surface area (Å²) in [6, 6.07) is 3.25. The average molecular weight is 280 g/mol. The van der Waals surface area contributed by atoms with Crippen LogP contribution >= 0.6 is 0 Å². The first-order valence-electron chi connectivity index (χ1n) is 6.60. The van der Waals surface area contributed by atoms with Gasteiger partial charge in [-0.2, -0.15) is 0 Å². The van der Waals surface area contributed by atoms with Crippen molar-refractivity contribution in [3.8, 4) is 5.88 Å². The van der Waals surface area contributed by atoms with Gasteiger partial charge in [-0.25, -0.2) is 0 Å². The quantitative estimate of drug-likeness (QED) is 0.832. The Morgan fingerprint density at radius 3 is 2.85 bits per heavy atom. The lowest BCUT2D eigenvalue weighted by atomic mass is 10.2. The highest BCUT2D eigenvalue weighted by Gasteiger charge is 2.19. The van der Waals surface area contributed by atoms with Crippen LogP contribution in [0.1, 0.15) is 17.4 Å². The largest absolute Gasteiger partial charge is 0.474 e. The maximum absolute atomic E-state index is 11.7. The van der Waals surface area contributed by atoms with Crippen molar-refractivity contribution in [2.75, 3.05) is 33.8 Å². The number of nitrogens with one attached hydrogen (secondary N) is 1. The summed E-state index contributed by atoms with van der Waals surface area (Å²) in [6.45, 7) is 4.04. The molecule has 110 valence electrons. The molecular formula is C13H20N4O3. The highest BCUT2D eigenvalue weighted by Crippen LogP contribution is 2.09. The molecular weight excluding hydrogens is 260 g/mol. The van der Waals surface area contributed by atoms with Crippen molar-refractivity contribution >= 4 is 5.91 Å². The van der Waals surface area contributed by atoms with Crippen LogP contribution in [-0.4, -0.2) is 67.0 Å². The van der Waals surface area contributed by atoms with Crippen molar-refractivity contribution in [3.05, 3.63) is 17.8 Å². The summed E-state index contributed by atoms with van der Waals surface area (Å²) >= 11 is 0. The molecule has 0 aliphatic carbocycles. The summed E-state index contributed by atoms with van der Waals surface area (Å²) in [5.74, 6) is 0.208. The van der Waals surface area contributed by atoms with Gasteiger partial charge in [0.2, 0.25) is 5.88 Å². The summed E-state index contributed by atoms with van der Waals surface area (Å²) in [5.41, 5.74) is 0.298. The lowest BCUT2D eigenvalue weighted by Crippen LogP contribution is -2.45. The first-order chi connectivity index (χ1) is 9.56. The standard InChI is InChI=1S/C13H20N4O3/c1-9-6-14-7-10(20-9)8-19-12-5-4-11(15-16-12)13(18)17(2)3/h4-5,9-10,14H,6-8H2,1-3H3. The van der Waals surface area contributed by atoms with Gasteiger partial charge in [0.15, 0.2) is 5.69 Å². The van der Waals surface area contributed by atoms with Crippen LogP contribution in [0.25, 0.3) is 0 Å². The minimum atomic E-state index is -0.183. The number of hydrogen-bond donors (Lipinski definition) is 1. The van der Waals surface area contributed by atoms with E-state index in [1.54, 1.807) is 26.2 Å². The lowest BCUT2D eigenvalue weighted by molar-refractivity contribution is -0.0477. The molecule has 2 unspecified atom stereocenters. The molecule has 1 amide bonds. The van der Waals surface area contributed by atoms with E-state index in [2.05, 4.69) is 15.5 Å².